The van der Waals surface area contributed by atoms with Gasteiger partial charge >= 0.3 is 0 Å². The molecule has 2 N–H and O–H groups in total. The molecule has 0 aliphatic heterocycles. The Morgan fingerprint density at radius 2 is 2.06 bits per heavy atom. The Kier molecular flexibility index (Phi) is 4.17. The van der Waals surface area contributed by atoms with Crippen LogP contribution in [0.2, 0.25) is 0 Å². The molecule has 1 aromatic rings. The largest absolute Gasteiger partial charge is 0.368 e. The summed E-state index contributed by atoms with van der Waals surface area (Å²) in [6.45, 7) is 5.57. The smallest absolute Gasteiger partial charge is 0.125 e. The number of nitrogens with two attached hydrogens (primary N) is 1. The lowest BCUT2D eigenvalue weighted by molar-refractivity contribution is -0.0392. The van der Waals surface area contributed by atoms with Gasteiger partial charge in [0.05, 0.1) is 5.69 Å². The monoisotopic (exact) mass is 254 g/mol. The summed E-state index contributed by atoms with van der Waals surface area (Å²) >= 11 is 1.76. The summed E-state index contributed by atoms with van der Waals surface area (Å²) in [5, 5.41) is 1.16. The van der Waals surface area contributed by atoms with E-state index < -0.39 is 0 Å². The van der Waals surface area contributed by atoms with Crippen LogP contribution in [0.1, 0.15) is 55.1 Å². The van der Waals surface area contributed by atoms with Crippen molar-refractivity contribution in [2.75, 3.05) is 6.61 Å². The van der Waals surface area contributed by atoms with Crippen LogP contribution in [-0.2, 0) is 23.3 Å². The number of aromatic nitrogens is 1. The van der Waals surface area contributed by atoms with E-state index in [0.29, 0.717) is 6.54 Å². The maximum Gasteiger partial charge on any atom is 0.125 e. The molecule has 2 rings (SSSR count). The average molecular weight is 254 g/mol. The summed E-state index contributed by atoms with van der Waals surface area (Å²) in [6, 6.07) is 0. The summed E-state index contributed by atoms with van der Waals surface area (Å²) in [5.41, 5.74) is 6.85. The van der Waals surface area contributed by atoms with Crippen molar-refractivity contribution in [2.24, 2.45) is 5.73 Å². The molecule has 1 aliphatic rings. The maximum absolute atomic E-state index is 6.04. The molecule has 0 amide bonds. The minimum atomic E-state index is -0.100. The Hall–Kier alpha value is -0.450. The van der Waals surface area contributed by atoms with E-state index >= 15 is 0 Å². The first kappa shape index (κ1) is 13.0. The molecule has 0 aromatic carbocycles. The van der Waals surface area contributed by atoms with Gasteiger partial charge in [0.25, 0.3) is 0 Å². The Bertz CT molecular complexity index is 348. The Morgan fingerprint density at radius 3 is 2.53 bits per heavy atom. The molecule has 3 nitrogen and oxygen atoms in total. The molecule has 1 aromatic heterocycles. The molecular weight excluding hydrogens is 232 g/mol. The van der Waals surface area contributed by atoms with E-state index in [9.17, 15) is 0 Å². The topological polar surface area (TPSA) is 48.1 Å². The lowest BCUT2D eigenvalue weighted by Gasteiger charge is -2.26. The molecule has 0 atom stereocenters. The highest BCUT2D eigenvalue weighted by Gasteiger charge is 2.39. The van der Waals surface area contributed by atoms with Crippen molar-refractivity contribution in [3.05, 3.63) is 15.6 Å². The first-order valence-electron chi connectivity index (χ1n) is 6.58. The molecule has 1 aliphatic carbocycles. The van der Waals surface area contributed by atoms with E-state index in [4.69, 9.17) is 15.5 Å². The zero-order valence-electron chi connectivity index (χ0n) is 10.8. The summed E-state index contributed by atoms with van der Waals surface area (Å²) in [5.74, 6) is 0. The van der Waals surface area contributed by atoms with Gasteiger partial charge in [0.15, 0.2) is 0 Å². The maximum atomic E-state index is 6.04. The number of nitrogens with zero attached hydrogens (tertiary/aromatic N) is 1. The second-order valence-corrected chi connectivity index (χ2v) is 5.66. The SMILES string of the molecule is CCOC1(c2nc(CC)c(CN)s2)CCCC1. The van der Waals surface area contributed by atoms with Crippen LogP contribution in [0.5, 0.6) is 0 Å². The molecule has 1 fully saturated rings. The fraction of sp³-hybridized carbons (Fsp3) is 0.769. The number of thiazole rings is 1. The van der Waals surface area contributed by atoms with Crippen LogP contribution in [0, 0.1) is 0 Å². The summed E-state index contributed by atoms with van der Waals surface area (Å²) in [4.78, 5) is 6.02. The zero-order valence-corrected chi connectivity index (χ0v) is 11.6. The van der Waals surface area contributed by atoms with Crippen LogP contribution in [-0.4, -0.2) is 11.6 Å². The van der Waals surface area contributed by atoms with E-state index in [1.54, 1.807) is 11.3 Å². The Balaban J connectivity index is 2.32. The Morgan fingerprint density at radius 1 is 1.35 bits per heavy atom. The summed E-state index contributed by atoms with van der Waals surface area (Å²) < 4.78 is 6.04. The van der Waals surface area contributed by atoms with Gasteiger partial charge in [0.1, 0.15) is 10.6 Å². The number of rotatable bonds is 5. The summed E-state index contributed by atoms with van der Waals surface area (Å²) in [6.07, 6.45) is 5.69. The third-order valence-corrected chi connectivity index (χ3v) is 4.83. The molecule has 0 spiro atoms. The Labute approximate surface area is 107 Å². The lowest BCUT2D eigenvalue weighted by atomic mass is 10.0. The first-order chi connectivity index (χ1) is 8.25. The van der Waals surface area contributed by atoms with Gasteiger partial charge in [-0.1, -0.05) is 19.8 Å². The molecule has 1 heterocycles. The van der Waals surface area contributed by atoms with Crippen molar-refractivity contribution in [3.63, 3.8) is 0 Å². The van der Waals surface area contributed by atoms with Gasteiger partial charge in [-0.15, -0.1) is 11.3 Å². The van der Waals surface area contributed by atoms with Crippen LogP contribution >= 0.6 is 11.3 Å². The van der Waals surface area contributed by atoms with Crippen LogP contribution in [0.15, 0.2) is 0 Å². The van der Waals surface area contributed by atoms with E-state index in [1.807, 2.05) is 0 Å². The third kappa shape index (κ3) is 2.39. The number of hydrogen-bond acceptors (Lipinski definition) is 4. The second kappa shape index (κ2) is 5.46. The predicted molar refractivity (Wildman–Crippen MR) is 71.2 cm³/mol. The number of hydrogen-bond donors (Lipinski definition) is 1. The zero-order chi connectivity index (χ0) is 12.3. The molecule has 0 bridgehead atoms. The van der Waals surface area contributed by atoms with E-state index in [-0.39, 0.29) is 5.60 Å². The highest BCUT2D eigenvalue weighted by molar-refractivity contribution is 7.11. The normalized spacial score (nSPS) is 18.8. The number of aryl methyl sites for hydroxylation is 1. The third-order valence-electron chi connectivity index (χ3n) is 3.52. The fourth-order valence-electron chi connectivity index (χ4n) is 2.66. The molecular formula is C13H22N2OS. The van der Waals surface area contributed by atoms with Gasteiger partial charge in [-0.05, 0) is 26.2 Å². The predicted octanol–water partition coefficient (Wildman–Crippen LogP) is 2.97. The van der Waals surface area contributed by atoms with Crippen LogP contribution < -0.4 is 5.73 Å². The van der Waals surface area contributed by atoms with Gasteiger partial charge in [-0.25, -0.2) is 4.98 Å². The first-order valence-corrected chi connectivity index (χ1v) is 7.40. The van der Waals surface area contributed by atoms with Crippen molar-refractivity contribution >= 4 is 11.3 Å². The van der Waals surface area contributed by atoms with Gasteiger partial charge in [0.2, 0.25) is 0 Å². The van der Waals surface area contributed by atoms with Crippen molar-refractivity contribution in [3.8, 4) is 0 Å². The van der Waals surface area contributed by atoms with Crippen molar-refractivity contribution in [1.82, 2.24) is 4.98 Å². The van der Waals surface area contributed by atoms with Crippen molar-refractivity contribution in [2.45, 2.75) is 58.1 Å². The number of ether oxygens (including phenoxy) is 1. The van der Waals surface area contributed by atoms with Gasteiger partial charge < -0.3 is 10.5 Å². The average Bonchev–Trinajstić information content (AvgIpc) is 2.95. The fourth-order valence-corrected chi connectivity index (χ4v) is 3.89. The second-order valence-electron chi connectivity index (χ2n) is 4.58. The minimum Gasteiger partial charge on any atom is -0.368 e. The molecule has 96 valence electrons. The quantitative estimate of drug-likeness (QED) is 0.878. The molecule has 4 heteroatoms. The van der Waals surface area contributed by atoms with Crippen LogP contribution in [0.4, 0.5) is 0 Å². The van der Waals surface area contributed by atoms with E-state index in [1.165, 1.54) is 23.4 Å². The minimum absolute atomic E-state index is 0.100. The van der Waals surface area contributed by atoms with Gasteiger partial charge in [0, 0.05) is 18.0 Å². The highest BCUT2D eigenvalue weighted by Crippen LogP contribution is 2.44. The van der Waals surface area contributed by atoms with E-state index in [2.05, 4.69) is 13.8 Å². The highest BCUT2D eigenvalue weighted by atomic mass is 32.1. The van der Waals surface area contributed by atoms with Crippen molar-refractivity contribution in [1.29, 1.82) is 0 Å². The van der Waals surface area contributed by atoms with Gasteiger partial charge in [-0.2, -0.15) is 0 Å². The molecule has 0 radical (unpaired) electrons. The van der Waals surface area contributed by atoms with Crippen molar-refractivity contribution < 1.29 is 4.74 Å². The van der Waals surface area contributed by atoms with Gasteiger partial charge in [-0.3, -0.25) is 0 Å². The molecule has 17 heavy (non-hydrogen) atoms. The summed E-state index contributed by atoms with van der Waals surface area (Å²) in [7, 11) is 0. The van der Waals surface area contributed by atoms with E-state index in [0.717, 1.165) is 30.9 Å². The lowest BCUT2D eigenvalue weighted by Crippen LogP contribution is -2.26. The standard InChI is InChI=1S/C13H22N2OS/c1-3-10-11(9-14)17-12(15-10)13(16-4-2)7-5-6-8-13/h3-9,14H2,1-2H3. The molecule has 0 saturated heterocycles. The van der Waals surface area contributed by atoms with Crippen LogP contribution in [0.25, 0.3) is 0 Å². The molecule has 1 saturated carbocycles. The van der Waals surface area contributed by atoms with Crippen LogP contribution in [0.3, 0.4) is 0 Å². The molecule has 0 unspecified atom stereocenters.